The predicted octanol–water partition coefficient (Wildman–Crippen LogP) is 2.41. The Morgan fingerprint density at radius 1 is 1.50 bits per heavy atom. The molecule has 2 heterocycles. The Morgan fingerprint density at radius 3 is 3.09 bits per heavy atom. The van der Waals surface area contributed by atoms with Gasteiger partial charge in [0.25, 0.3) is 5.91 Å². The van der Waals surface area contributed by atoms with Gasteiger partial charge >= 0.3 is 0 Å². The number of carbonyl (C=O) groups is 1. The first-order valence-corrected chi connectivity index (χ1v) is 7.80. The summed E-state index contributed by atoms with van der Waals surface area (Å²) >= 11 is 6.24. The van der Waals surface area contributed by atoms with Crippen molar-refractivity contribution < 1.29 is 4.79 Å². The SMILES string of the molecule is CNC[C@H]1CCN(C(=O)c2cn[nH]c2-c2ccccc2Cl)C1. The average molecular weight is 319 g/mol. The summed E-state index contributed by atoms with van der Waals surface area (Å²) in [6, 6.07) is 7.47. The van der Waals surface area contributed by atoms with Crippen LogP contribution in [0.1, 0.15) is 16.8 Å². The summed E-state index contributed by atoms with van der Waals surface area (Å²) in [5.74, 6) is 0.534. The Kier molecular flexibility index (Phi) is 4.45. The van der Waals surface area contributed by atoms with Crippen molar-refractivity contribution in [1.29, 1.82) is 0 Å². The van der Waals surface area contributed by atoms with Crippen LogP contribution in [0.15, 0.2) is 30.5 Å². The minimum absolute atomic E-state index is 0.0160. The molecular weight excluding hydrogens is 300 g/mol. The quantitative estimate of drug-likeness (QED) is 0.910. The van der Waals surface area contributed by atoms with Crippen molar-refractivity contribution in [1.82, 2.24) is 20.4 Å². The molecule has 1 aliphatic rings. The Morgan fingerprint density at radius 2 is 2.32 bits per heavy atom. The Bertz CT molecular complexity index is 670. The van der Waals surface area contributed by atoms with Gasteiger partial charge in [0.15, 0.2) is 0 Å². The molecule has 22 heavy (non-hydrogen) atoms. The minimum Gasteiger partial charge on any atom is -0.338 e. The number of likely N-dealkylation sites (tertiary alicyclic amines) is 1. The highest BCUT2D eigenvalue weighted by Crippen LogP contribution is 2.30. The van der Waals surface area contributed by atoms with Crippen LogP contribution in [0, 0.1) is 5.92 Å². The molecule has 6 heteroatoms. The third-order valence-corrected chi connectivity index (χ3v) is 4.41. The minimum atomic E-state index is 0.0160. The van der Waals surface area contributed by atoms with Crippen LogP contribution < -0.4 is 5.32 Å². The van der Waals surface area contributed by atoms with E-state index in [9.17, 15) is 4.79 Å². The molecule has 1 aromatic heterocycles. The summed E-state index contributed by atoms with van der Waals surface area (Å²) in [4.78, 5) is 14.7. The van der Waals surface area contributed by atoms with Gasteiger partial charge < -0.3 is 10.2 Å². The van der Waals surface area contributed by atoms with Crippen LogP contribution in [0.4, 0.5) is 0 Å². The largest absolute Gasteiger partial charge is 0.338 e. The fourth-order valence-electron chi connectivity index (χ4n) is 2.96. The molecular formula is C16H19ClN4O. The topological polar surface area (TPSA) is 61.0 Å². The van der Waals surface area contributed by atoms with E-state index in [1.54, 1.807) is 6.20 Å². The number of nitrogens with zero attached hydrogens (tertiary/aromatic N) is 2. The van der Waals surface area contributed by atoms with E-state index in [1.807, 2.05) is 36.2 Å². The first-order chi connectivity index (χ1) is 10.7. The van der Waals surface area contributed by atoms with E-state index in [1.165, 1.54) is 0 Å². The van der Waals surface area contributed by atoms with Gasteiger partial charge in [0.05, 0.1) is 17.5 Å². The molecule has 2 aromatic rings. The average Bonchev–Trinajstić information content (AvgIpc) is 3.16. The van der Waals surface area contributed by atoms with Crippen LogP contribution >= 0.6 is 11.6 Å². The molecule has 2 N–H and O–H groups in total. The number of hydrogen-bond donors (Lipinski definition) is 2. The van der Waals surface area contributed by atoms with Crippen molar-refractivity contribution in [2.45, 2.75) is 6.42 Å². The third kappa shape index (κ3) is 2.87. The van der Waals surface area contributed by atoms with E-state index in [0.29, 0.717) is 22.2 Å². The molecule has 5 nitrogen and oxygen atoms in total. The molecule has 0 unspecified atom stereocenters. The molecule has 1 aromatic carbocycles. The van der Waals surface area contributed by atoms with Crippen molar-refractivity contribution in [2.75, 3.05) is 26.7 Å². The number of carbonyl (C=O) groups excluding carboxylic acids is 1. The van der Waals surface area contributed by atoms with Gasteiger partial charge in [0, 0.05) is 23.7 Å². The van der Waals surface area contributed by atoms with Gasteiger partial charge in [0.1, 0.15) is 0 Å². The lowest BCUT2D eigenvalue weighted by Gasteiger charge is -2.16. The van der Waals surface area contributed by atoms with Crippen LogP contribution in [-0.4, -0.2) is 47.7 Å². The van der Waals surface area contributed by atoms with E-state index < -0.39 is 0 Å². The van der Waals surface area contributed by atoms with Crippen LogP contribution in [0.2, 0.25) is 5.02 Å². The molecule has 0 bridgehead atoms. The van der Waals surface area contributed by atoms with Crippen molar-refractivity contribution in [3.05, 3.63) is 41.0 Å². The van der Waals surface area contributed by atoms with E-state index in [0.717, 1.165) is 31.6 Å². The number of aromatic nitrogens is 2. The monoisotopic (exact) mass is 318 g/mol. The molecule has 1 fully saturated rings. The maximum atomic E-state index is 12.8. The smallest absolute Gasteiger partial charge is 0.257 e. The molecule has 0 spiro atoms. The number of halogens is 1. The number of nitrogens with one attached hydrogen (secondary N) is 2. The van der Waals surface area contributed by atoms with E-state index in [4.69, 9.17) is 11.6 Å². The van der Waals surface area contributed by atoms with Gasteiger partial charge in [-0.2, -0.15) is 5.10 Å². The fraction of sp³-hybridized carbons (Fsp3) is 0.375. The molecule has 1 atom stereocenters. The van der Waals surface area contributed by atoms with Gasteiger partial charge in [0.2, 0.25) is 0 Å². The first-order valence-electron chi connectivity index (χ1n) is 7.43. The van der Waals surface area contributed by atoms with Crippen LogP contribution in [0.25, 0.3) is 11.3 Å². The predicted molar refractivity (Wildman–Crippen MR) is 87.0 cm³/mol. The second-order valence-corrected chi connectivity index (χ2v) is 6.01. The zero-order valence-electron chi connectivity index (χ0n) is 12.5. The van der Waals surface area contributed by atoms with Crippen LogP contribution in [0.3, 0.4) is 0 Å². The van der Waals surface area contributed by atoms with E-state index in [2.05, 4.69) is 15.5 Å². The Hall–Kier alpha value is -1.85. The molecule has 3 rings (SSSR count). The number of benzene rings is 1. The maximum absolute atomic E-state index is 12.8. The standard InChI is InChI=1S/C16H19ClN4O/c1-18-8-11-6-7-21(10-11)16(22)13-9-19-20-15(13)12-4-2-3-5-14(12)17/h2-5,9,11,18H,6-8,10H2,1H3,(H,19,20)/t11-/m1/s1. The lowest BCUT2D eigenvalue weighted by atomic mass is 10.1. The molecule has 1 aliphatic heterocycles. The lowest BCUT2D eigenvalue weighted by molar-refractivity contribution is 0.0788. The second kappa shape index (κ2) is 6.50. The molecule has 0 aliphatic carbocycles. The Labute approximate surface area is 134 Å². The number of hydrogen-bond acceptors (Lipinski definition) is 3. The zero-order valence-corrected chi connectivity index (χ0v) is 13.2. The number of aromatic amines is 1. The number of H-pyrrole nitrogens is 1. The Balaban J connectivity index is 1.84. The third-order valence-electron chi connectivity index (χ3n) is 4.08. The van der Waals surface area contributed by atoms with Gasteiger partial charge in [-0.15, -0.1) is 0 Å². The zero-order chi connectivity index (χ0) is 15.5. The van der Waals surface area contributed by atoms with Gasteiger partial charge in [-0.3, -0.25) is 9.89 Å². The highest BCUT2D eigenvalue weighted by atomic mass is 35.5. The van der Waals surface area contributed by atoms with E-state index >= 15 is 0 Å². The lowest BCUT2D eigenvalue weighted by Crippen LogP contribution is -2.30. The normalized spacial score (nSPS) is 17.9. The summed E-state index contributed by atoms with van der Waals surface area (Å²) in [7, 11) is 1.94. The summed E-state index contributed by atoms with van der Waals surface area (Å²) in [6.45, 7) is 2.51. The summed E-state index contributed by atoms with van der Waals surface area (Å²) in [6.07, 6.45) is 2.62. The molecule has 1 saturated heterocycles. The summed E-state index contributed by atoms with van der Waals surface area (Å²) < 4.78 is 0. The fourth-order valence-corrected chi connectivity index (χ4v) is 3.19. The highest BCUT2D eigenvalue weighted by molar-refractivity contribution is 6.33. The number of rotatable bonds is 4. The van der Waals surface area contributed by atoms with Gasteiger partial charge in [-0.05, 0) is 32.0 Å². The van der Waals surface area contributed by atoms with Crippen LogP contribution in [0.5, 0.6) is 0 Å². The maximum Gasteiger partial charge on any atom is 0.257 e. The summed E-state index contributed by atoms with van der Waals surface area (Å²) in [5.41, 5.74) is 2.07. The molecule has 116 valence electrons. The molecule has 0 radical (unpaired) electrons. The van der Waals surface area contributed by atoms with Crippen molar-refractivity contribution in [3.8, 4) is 11.3 Å². The van der Waals surface area contributed by atoms with E-state index in [-0.39, 0.29) is 5.91 Å². The van der Waals surface area contributed by atoms with Crippen LogP contribution in [-0.2, 0) is 0 Å². The van der Waals surface area contributed by atoms with Crippen molar-refractivity contribution in [3.63, 3.8) is 0 Å². The number of amides is 1. The molecule has 0 saturated carbocycles. The molecule has 1 amide bonds. The highest BCUT2D eigenvalue weighted by Gasteiger charge is 2.29. The van der Waals surface area contributed by atoms with Crippen molar-refractivity contribution >= 4 is 17.5 Å². The van der Waals surface area contributed by atoms with Gasteiger partial charge in [-0.25, -0.2) is 0 Å². The van der Waals surface area contributed by atoms with Crippen molar-refractivity contribution in [2.24, 2.45) is 5.92 Å². The first kappa shape index (κ1) is 15.1. The van der Waals surface area contributed by atoms with Gasteiger partial charge in [-0.1, -0.05) is 29.8 Å². The summed E-state index contributed by atoms with van der Waals surface area (Å²) in [5, 5.41) is 10.7. The second-order valence-electron chi connectivity index (χ2n) is 5.60.